The molecule has 0 unspecified atom stereocenters. The van der Waals surface area contributed by atoms with Gasteiger partial charge in [0.1, 0.15) is 11.5 Å². The molecule has 0 amide bonds. The average Bonchev–Trinajstić information content (AvgIpc) is 2.48. The van der Waals surface area contributed by atoms with E-state index in [1.165, 1.54) is 26.7 Å². The summed E-state index contributed by atoms with van der Waals surface area (Å²) in [5, 5.41) is 0.352. The van der Waals surface area contributed by atoms with Crippen LogP contribution in [-0.4, -0.2) is 20.6 Å². The fraction of sp³-hybridized carbons (Fsp3) is 0.333. The number of allylic oxidation sites excluding steroid dienone is 7. The van der Waals surface area contributed by atoms with Gasteiger partial charge in [0, 0.05) is 12.8 Å². The molecule has 0 atom stereocenters. The molecule has 0 spiro atoms. The molecule has 0 saturated carbocycles. The molecule has 0 aliphatic heterocycles. The summed E-state index contributed by atoms with van der Waals surface area (Å²) in [4.78, 5) is 0. The van der Waals surface area contributed by atoms with Crippen molar-refractivity contribution in [3.05, 3.63) is 58.8 Å². The Labute approximate surface area is 129 Å². The van der Waals surface area contributed by atoms with Crippen molar-refractivity contribution in [2.24, 2.45) is 0 Å². The fourth-order valence-corrected chi connectivity index (χ4v) is 1.76. The maximum atomic E-state index is 13.6. The van der Waals surface area contributed by atoms with Gasteiger partial charge in [0.05, 0.1) is 19.3 Å². The summed E-state index contributed by atoms with van der Waals surface area (Å²) in [7, 11) is 2.94. The van der Waals surface area contributed by atoms with Crippen molar-refractivity contribution in [2.75, 3.05) is 20.6 Å². The number of rotatable bonds is 5. The molecule has 112 valence electrons. The normalized spacial score (nSPS) is 14.9. The largest absolute Gasteiger partial charge is 0.498 e. The minimum Gasteiger partial charge on any atom is -0.498 e. The lowest BCUT2D eigenvalue weighted by Gasteiger charge is -2.15. The van der Waals surface area contributed by atoms with E-state index in [-0.39, 0.29) is 5.83 Å². The van der Waals surface area contributed by atoms with Crippen molar-refractivity contribution < 1.29 is 13.9 Å². The molecule has 0 fully saturated rings. The van der Waals surface area contributed by atoms with E-state index >= 15 is 0 Å². The summed E-state index contributed by atoms with van der Waals surface area (Å²) < 4.78 is 23.4. The quantitative estimate of drug-likeness (QED) is 0.392. The highest BCUT2D eigenvalue weighted by molar-refractivity contribution is 6.31. The Bertz CT molecular complexity index is 462. The first-order valence-electron chi connectivity index (χ1n) is 5.80. The number of halogens is 3. The van der Waals surface area contributed by atoms with Gasteiger partial charge in [-0.15, -0.1) is 11.6 Å². The molecule has 1 aliphatic rings. The second kappa shape index (κ2) is 9.67. The molecule has 5 heteroatoms. The molecule has 20 heavy (non-hydrogen) atoms. The molecular formula is C15H19Cl2FO2. The van der Waals surface area contributed by atoms with Gasteiger partial charge >= 0.3 is 0 Å². The predicted molar refractivity (Wildman–Crippen MR) is 83.5 cm³/mol. The third-order valence-electron chi connectivity index (χ3n) is 2.66. The van der Waals surface area contributed by atoms with E-state index in [0.29, 0.717) is 35.0 Å². The van der Waals surface area contributed by atoms with Gasteiger partial charge in [-0.3, -0.25) is 0 Å². The first-order chi connectivity index (χ1) is 9.49. The Hall–Kier alpha value is -1.19. The van der Waals surface area contributed by atoms with E-state index in [1.54, 1.807) is 6.08 Å². The summed E-state index contributed by atoms with van der Waals surface area (Å²) in [6, 6.07) is 0. The van der Waals surface area contributed by atoms with Gasteiger partial charge < -0.3 is 9.47 Å². The minimum absolute atomic E-state index is 0.350. The minimum atomic E-state index is -0.366. The summed E-state index contributed by atoms with van der Waals surface area (Å²) in [5.74, 6) is 0.348. The van der Waals surface area contributed by atoms with Gasteiger partial charge in [-0.25, -0.2) is 4.39 Å². The van der Waals surface area contributed by atoms with Crippen molar-refractivity contribution >= 4 is 23.2 Å². The highest BCUT2D eigenvalue weighted by Gasteiger charge is 2.15. The average molecular weight is 321 g/mol. The lowest BCUT2D eigenvalue weighted by atomic mass is 9.96. The van der Waals surface area contributed by atoms with Gasteiger partial charge in [-0.2, -0.15) is 0 Å². The first-order valence-corrected chi connectivity index (χ1v) is 6.93. The third-order valence-corrected chi connectivity index (χ3v) is 2.98. The molecular weight excluding hydrogens is 302 g/mol. The summed E-state index contributed by atoms with van der Waals surface area (Å²) in [6.45, 7) is 7.49. The van der Waals surface area contributed by atoms with Crippen LogP contribution in [0.3, 0.4) is 0 Å². The van der Waals surface area contributed by atoms with Crippen molar-refractivity contribution in [3.8, 4) is 0 Å². The van der Waals surface area contributed by atoms with Crippen LogP contribution in [0.1, 0.15) is 12.8 Å². The van der Waals surface area contributed by atoms with E-state index in [2.05, 4.69) is 24.8 Å². The number of methoxy groups -OCH3 is 2. The summed E-state index contributed by atoms with van der Waals surface area (Å²) in [5.41, 5.74) is 1.43. The molecule has 0 aromatic rings. The molecule has 0 bridgehead atoms. The summed E-state index contributed by atoms with van der Waals surface area (Å²) >= 11 is 10.6. The van der Waals surface area contributed by atoms with Gasteiger partial charge in [0.25, 0.3) is 0 Å². The second-order valence-corrected chi connectivity index (χ2v) is 4.20. The Kier molecular flexibility index (Phi) is 9.10. The number of hydrogen-bond acceptors (Lipinski definition) is 2. The smallest absolute Gasteiger partial charge is 0.161 e. The Balaban J connectivity index is 0.00000172. The van der Waals surface area contributed by atoms with Crippen LogP contribution in [0.4, 0.5) is 4.39 Å². The predicted octanol–water partition coefficient (Wildman–Crippen LogP) is 5.23. The number of ether oxygens (including phenoxy) is 2. The zero-order valence-electron chi connectivity index (χ0n) is 11.9. The molecule has 1 rings (SSSR count). The van der Waals surface area contributed by atoms with Crippen molar-refractivity contribution in [1.29, 1.82) is 0 Å². The third kappa shape index (κ3) is 5.43. The van der Waals surface area contributed by atoms with E-state index in [1.807, 2.05) is 0 Å². The highest BCUT2D eigenvalue weighted by atomic mass is 35.5. The van der Waals surface area contributed by atoms with Crippen LogP contribution < -0.4 is 0 Å². The fourth-order valence-electron chi connectivity index (χ4n) is 1.55. The van der Waals surface area contributed by atoms with Crippen molar-refractivity contribution in [2.45, 2.75) is 12.8 Å². The molecule has 0 radical (unpaired) electrons. The molecule has 0 heterocycles. The van der Waals surface area contributed by atoms with E-state index in [0.717, 1.165) is 5.57 Å². The molecule has 0 aromatic heterocycles. The van der Waals surface area contributed by atoms with Crippen LogP contribution in [0.25, 0.3) is 0 Å². The highest BCUT2D eigenvalue weighted by Crippen LogP contribution is 2.30. The zero-order chi connectivity index (χ0) is 15.7. The Morgan fingerprint density at radius 2 is 1.90 bits per heavy atom. The van der Waals surface area contributed by atoms with Gasteiger partial charge in [-0.05, 0) is 29.7 Å². The van der Waals surface area contributed by atoms with Gasteiger partial charge in [0.15, 0.2) is 5.83 Å². The number of alkyl halides is 1. The first kappa shape index (κ1) is 18.8. The standard InChI is InChI=1S/C14H16ClFO2.CH3Cl/c1-9(7-12(15)10(2)17-3)11-5-6-14(18-4)13(16)8-11;1-2/h7-8H,1-2,5-6H2,3-4H3;1H3/b12-7+;. The topological polar surface area (TPSA) is 18.5 Å². The van der Waals surface area contributed by atoms with Gasteiger partial charge in [-0.1, -0.05) is 24.8 Å². The van der Waals surface area contributed by atoms with E-state index in [9.17, 15) is 4.39 Å². The van der Waals surface area contributed by atoms with Crippen LogP contribution in [0.2, 0.25) is 0 Å². The molecule has 0 aromatic carbocycles. The SMILES string of the molecule is C=C(/C=C(/Cl)C(=C)OC)C1=CC(F)=C(OC)CC1.CCl. The van der Waals surface area contributed by atoms with Crippen LogP contribution in [0.15, 0.2) is 58.8 Å². The van der Waals surface area contributed by atoms with Gasteiger partial charge in [0.2, 0.25) is 0 Å². The molecule has 1 aliphatic carbocycles. The molecule has 0 saturated heterocycles. The lowest BCUT2D eigenvalue weighted by Crippen LogP contribution is -2.00. The number of hydrogen-bond donors (Lipinski definition) is 0. The van der Waals surface area contributed by atoms with Crippen molar-refractivity contribution in [3.63, 3.8) is 0 Å². The zero-order valence-corrected chi connectivity index (χ0v) is 13.4. The van der Waals surface area contributed by atoms with Crippen LogP contribution in [-0.2, 0) is 9.47 Å². The lowest BCUT2D eigenvalue weighted by molar-refractivity contribution is 0.261. The van der Waals surface area contributed by atoms with Crippen LogP contribution in [0, 0.1) is 0 Å². The molecule has 0 N–H and O–H groups in total. The Morgan fingerprint density at radius 3 is 2.35 bits per heavy atom. The maximum Gasteiger partial charge on any atom is 0.161 e. The maximum absolute atomic E-state index is 13.6. The van der Waals surface area contributed by atoms with Crippen LogP contribution >= 0.6 is 23.2 Å². The Morgan fingerprint density at radius 1 is 1.30 bits per heavy atom. The molecule has 2 nitrogen and oxygen atoms in total. The van der Waals surface area contributed by atoms with Crippen LogP contribution in [0.5, 0.6) is 0 Å². The van der Waals surface area contributed by atoms with E-state index < -0.39 is 0 Å². The summed E-state index contributed by atoms with van der Waals surface area (Å²) in [6.07, 6.45) is 5.69. The van der Waals surface area contributed by atoms with Crippen molar-refractivity contribution in [1.82, 2.24) is 0 Å². The van der Waals surface area contributed by atoms with E-state index in [4.69, 9.17) is 21.1 Å². The monoisotopic (exact) mass is 320 g/mol. The second-order valence-electron chi connectivity index (χ2n) is 3.79.